The predicted molar refractivity (Wildman–Crippen MR) is 56.7 cm³/mol. The summed E-state index contributed by atoms with van der Waals surface area (Å²) in [5, 5.41) is -0.334. The molecule has 0 atom stereocenters. The minimum atomic E-state index is -2.91. The first-order valence-corrected chi connectivity index (χ1v) is 5.08. The first kappa shape index (κ1) is 13.6. The number of aromatic nitrogens is 1. The number of nitrogens with zero attached hydrogens (tertiary/aromatic N) is 1. The Kier molecular flexibility index (Phi) is 4.62. The first-order chi connectivity index (χ1) is 8.02. The Bertz CT molecular complexity index is 426. The molecule has 1 rings (SSSR count). The summed E-state index contributed by atoms with van der Waals surface area (Å²) >= 11 is 5.63. The number of esters is 1. The number of carbonyl (C=O) groups is 1. The Balaban J connectivity index is 3.38. The van der Waals surface area contributed by atoms with Crippen LogP contribution in [0.1, 0.15) is 29.3 Å². The Hall–Kier alpha value is -1.43. The highest BCUT2D eigenvalue weighted by Gasteiger charge is 2.27. The second-order valence-corrected chi connectivity index (χ2v) is 3.29. The molecule has 0 saturated heterocycles. The molecule has 1 aromatic heterocycles. The van der Waals surface area contributed by atoms with E-state index in [4.69, 9.17) is 16.3 Å². The molecule has 17 heavy (non-hydrogen) atoms. The number of hydrogen-bond donors (Lipinski definition) is 0. The maximum atomic E-state index is 12.9. The van der Waals surface area contributed by atoms with Gasteiger partial charge in [-0.3, -0.25) is 0 Å². The van der Waals surface area contributed by atoms with Crippen molar-refractivity contribution in [2.75, 3.05) is 13.7 Å². The van der Waals surface area contributed by atoms with Crippen molar-refractivity contribution in [3.8, 4) is 5.75 Å². The lowest BCUT2D eigenvalue weighted by molar-refractivity contribution is 0.0513. The third kappa shape index (κ3) is 2.82. The van der Waals surface area contributed by atoms with Gasteiger partial charge in [-0.15, -0.1) is 0 Å². The van der Waals surface area contributed by atoms with Crippen molar-refractivity contribution in [3.63, 3.8) is 0 Å². The van der Waals surface area contributed by atoms with Gasteiger partial charge in [-0.25, -0.2) is 18.6 Å². The lowest BCUT2D eigenvalue weighted by Gasteiger charge is -2.12. The average molecular weight is 266 g/mol. The van der Waals surface area contributed by atoms with Gasteiger partial charge < -0.3 is 9.47 Å². The lowest BCUT2D eigenvalue weighted by atomic mass is 10.1. The van der Waals surface area contributed by atoms with Crippen LogP contribution in [0.5, 0.6) is 5.75 Å². The maximum absolute atomic E-state index is 12.9. The molecule has 0 aliphatic rings. The molecular formula is C10H10ClF2NO3. The van der Waals surface area contributed by atoms with E-state index in [9.17, 15) is 13.6 Å². The van der Waals surface area contributed by atoms with E-state index in [2.05, 4.69) is 9.72 Å². The minimum absolute atomic E-state index is 0.0506. The van der Waals surface area contributed by atoms with Gasteiger partial charge in [0, 0.05) is 0 Å². The summed E-state index contributed by atoms with van der Waals surface area (Å²) in [6, 6.07) is 0. The largest absolute Gasteiger partial charge is 0.495 e. The average Bonchev–Trinajstić information content (AvgIpc) is 2.28. The number of halogens is 3. The van der Waals surface area contributed by atoms with Crippen molar-refractivity contribution in [1.29, 1.82) is 0 Å². The molecule has 1 aromatic rings. The van der Waals surface area contributed by atoms with E-state index in [1.54, 1.807) is 6.92 Å². The molecule has 7 heteroatoms. The molecule has 0 fully saturated rings. The summed E-state index contributed by atoms with van der Waals surface area (Å²) in [6.45, 7) is 1.61. The van der Waals surface area contributed by atoms with E-state index in [1.807, 2.05) is 0 Å². The predicted octanol–water partition coefficient (Wildman–Crippen LogP) is 2.86. The SMILES string of the molecule is CCOC(=O)c1c(Cl)ncc(OC)c1C(F)F. The van der Waals surface area contributed by atoms with E-state index in [-0.39, 0.29) is 17.5 Å². The van der Waals surface area contributed by atoms with Crippen LogP contribution in [0, 0.1) is 0 Å². The van der Waals surface area contributed by atoms with Crippen molar-refractivity contribution in [1.82, 2.24) is 4.98 Å². The second-order valence-electron chi connectivity index (χ2n) is 2.93. The summed E-state index contributed by atoms with van der Waals surface area (Å²) in [5.41, 5.74) is -1.06. The number of carbonyl (C=O) groups excluding carboxylic acids is 1. The molecule has 0 saturated carbocycles. The number of rotatable bonds is 4. The highest BCUT2D eigenvalue weighted by Crippen LogP contribution is 2.35. The number of hydrogen-bond acceptors (Lipinski definition) is 4. The Morgan fingerprint density at radius 3 is 2.71 bits per heavy atom. The molecule has 0 aliphatic carbocycles. The highest BCUT2D eigenvalue weighted by molar-refractivity contribution is 6.32. The smallest absolute Gasteiger partial charge is 0.341 e. The summed E-state index contributed by atoms with van der Waals surface area (Å²) < 4.78 is 35.1. The number of pyridine rings is 1. The molecule has 0 aliphatic heterocycles. The van der Waals surface area contributed by atoms with E-state index in [1.165, 1.54) is 7.11 Å². The fraction of sp³-hybridized carbons (Fsp3) is 0.400. The van der Waals surface area contributed by atoms with Crippen LogP contribution in [0.15, 0.2) is 6.20 Å². The van der Waals surface area contributed by atoms with Crippen LogP contribution in [0.25, 0.3) is 0 Å². The maximum Gasteiger partial charge on any atom is 0.341 e. The van der Waals surface area contributed by atoms with Crippen molar-refractivity contribution in [2.24, 2.45) is 0 Å². The first-order valence-electron chi connectivity index (χ1n) is 4.70. The summed E-state index contributed by atoms with van der Waals surface area (Å²) in [4.78, 5) is 15.1. The molecule has 0 radical (unpaired) electrons. The third-order valence-corrected chi connectivity index (χ3v) is 2.24. The van der Waals surface area contributed by atoms with Crippen LogP contribution in [-0.4, -0.2) is 24.7 Å². The molecule has 94 valence electrons. The Morgan fingerprint density at radius 1 is 1.59 bits per heavy atom. The van der Waals surface area contributed by atoms with Gasteiger partial charge in [0.2, 0.25) is 0 Å². The van der Waals surface area contributed by atoms with Gasteiger partial charge in [0.25, 0.3) is 6.43 Å². The van der Waals surface area contributed by atoms with Crippen molar-refractivity contribution >= 4 is 17.6 Å². The molecule has 0 aromatic carbocycles. The van der Waals surface area contributed by atoms with Gasteiger partial charge >= 0.3 is 5.97 Å². The fourth-order valence-corrected chi connectivity index (χ4v) is 1.49. The third-order valence-electron chi connectivity index (χ3n) is 1.95. The van der Waals surface area contributed by atoms with Gasteiger partial charge in [0.15, 0.2) is 0 Å². The topological polar surface area (TPSA) is 48.4 Å². The molecule has 0 amide bonds. The minimum Gasteiger partial charge on any atom is -0.495 e. The quantitative estimate of drug-likeness (QED) is 0.620. The second kappa shape index (κ2) is 5.77. The summed E-state index contributed by atoms with van der Waals surface area (Å²) in [7, 11) is 1.20. The van der Waals surface area contributed by atoms with E-state index >= 15 is 0 Å². The molecule has 0 N–H and O–H groups in total. The normalized spacial score (nSPS) is 10.5. The molecule has 4 nitrogen and oxygen atoms in total. The monoisotopic (exact) mass is 265 g/mol. The van der Waals surface area contributed by atoms with Crippen LogP contribution in [-0.2, 0) is 4.74 Å². The molecule has 1 heterocycles. The van der Waals surface area contributed by atoms with Gasteiger partial charge in [0.1, 0.15) is 16.5 Å². The van der Waals surface area contributed by atoms with Crippen LogP contribution in [0.2, 0.25) is 5.15 Å². The zero-order valence-corrected chi connectivity index (χ0v) is 9.92. The van der Waals surface area contributed by atoms with Gasteiger partial charge in [-0.2, -0.15) is 0 Å². The molecular weight excluding hydrogens is 256 g/mol. The number of methoxy groups -OCH3 is 1. The zero-order valence-electron chi connectivity index (χ0n) is 9.17. The molecule has 0 spiro atoms. The Labute approximate surface area is 101 Å². The van der Waals surface area contributed by atoms with E-state index in [0.717, 1.165) is 6.20 Å². The molecule has 0 bridgehead atoms. The van der Waals surface area contributed by atoms with E-state index in [0.29, 0.717) is 0 Å². The van der Waals surface area contributed by atoms with Crippen molar-refractivity contribution in [2.45, 2.75) is 13.3 Å². The summed E-state index contributed by atoms with van der Waals surface area (Å²) in [6.07, 6.45) is -1.88. The Morgan fingerprint density at radius 2 is 2.24 bits per heavy atom. The van der Waals surface area contributed by atoms with Crippen LogP contribution in [0.4, 0.5) is 8.78 Å². The van der Waals surface area contributed by atoms with Gasteiger partial charge in [-0.05, 0) is 6.92 Å². The molecule has 0 unspecified atom stereocenters. The van der Waals surface area contributed by atoms with Crippen LogP contribution < -0.4 is 4.74 Å². The van der Waals surface area contributed by atoms with Crippen molar-refractivity contribution in [3.05, 3.63) is 22.5 Å². The summed E-state index contributed by atoms with van der Waals surface area (Å²) in [5.74, 6) is -1.15. The van der Waals surface area contributed by atoms with Crippen molar-refractivity contribution < 1.29 is 23.0 Å². The number of ether oxygens (including phenoxy) is 2. The van der Waals surface area contributed by atoms with Crippen LogP contribution in [0.3, 0.4) is 0 Å². The van der Waals surface area contributed by atoms with Gasteiger partial charge in [-0.1, -0.05) is 11.6 Å². The van der Waals surface area contributed by atoms with Gasteiger partial charge in [0.05, 0.1) is 25.5 Å². The van der Waals surface area contributed by atoms with E-state index < -0.39 is 23.5 Å². The van der Waals surface area contributed by atoms with Crippen LogP contribution >= 0.6 is 11.6 Å². The highest BCUT2D eigenvalue weighted by atomic mass is 35.5. The fourth-order valence-electron chi connectivity index (χ4n) is 1.26. The lowest BCUT2D eigenvalue weighted by Crippen LogP contribution is -2.11. The standard InChI is InChI=1S/C10H10ClF2NO3/c1-3-17-10(15)7-6(9(12)13)5(16-2)4-14-8(7)11/h4,9H,3H2,1-2H3. The zero-order chi connectivity index (χ0) is 13.0. The number of alkyl halides is 2.